The molecule has 2 rings (SSSR count). The van der Waals surface area contributed by atoms with Crippen LogP contribution >= 0.6 is 0 Å². The van der Waals surface area contributed by atoms with Crippen molar-refractivity contribution in [1.29, 1.82) is 0 Å². The number of halogens is 3. The van der Waals surface area contributed by atoms with Crippen molar-refractivity contribution in [3.05, 3.63) is 29.6 Å². The van der Waals surface area contributed by atoms with Crippen molar-refractivity contribution in [1.82, 2.24) is 10.6 Å². The van der Waals surface area contributed by atoms with Gasteiger partial charge in [0.25, 0.3) is 0 Å². The van der Waals surface area contributed by atoms with Crippen molar-refractivity contribution in [3.8, 4) is 0 Å². The highest BCUT2D eigenvalue weighted by Crippen LogP contribution is 2.20. The molecule has 4 nitrogen and oxygen atoms in total. The Balaban J connectivity index is 2.07. The molecule has 1 heterocycles. The Morgan fingerprint density at radius 1 is 1.21 bits per heavy atom. The second-order valence-electron chi connectivity index (χ2n) is 4.50. The molecule has 0 spiro atoms. The van der Waals surface area contributed by atoms with E-state index in [0.717, 1.165) is 0 Å². The third kappa shape index (κ3) is 3.24. The van der Waals surface area contributed by atoms with Crippen LogP contribution in [0.1, 0.15) is 6.92 Å². The van der Waals surface area contributed by atoms with Crippen molar-refractivity contribution in [2.75, 3.05) is 18.4 Å². The summed E-state index contributed by atoms with van der Waals surface area (Å²) in [6.45, 7) is 2.88. The highest BCUT2D eigenvalue weighted by Gasteiger charge is 2.25. The van der Waals surface area contributed by atoms with E-state index in [2.05, 4.69) is 16.0 Å². The zero-order valence-corrected chi connectivity index (χ0v) is 10.3. The molecule has 1 fully saturated rings. The molecule has 1 saturated heterocycles. The van der Waals surface area contributed by atoms with Crippen molar-refractivity contribution < 1.29 is 18.0 Å². The number of rotatable bonds is 2. The largest absolute Gasteiger partial charge is 0.320 e. The molecule has 1 amide bonds. The smallest absolute Gasteiger partial charge is 0.242 e. The van der Waals surface area contributed by atoms with E-state index in [1.807, 2.05) is 6.92 Å². The first-order valence-electron chi connectivity index (χ1n) is 5.89. The Bertz CT molecular complexity index is 464. The van der Waals surface area contributed by atoms with Gasteiger partial charge < -0.3 is 16.0 Å². The molecule has 1 aromatic rings. The van der Waals surface area contributed by atoms with Crippen LogP contribution in [0, 0.1) is 17.5 Å². The molecule has 2 unspecified atom stereocenters. The van der Waals surface area contributed by atoms with Crippen molar-refractivity contribution >= 4 is 11.6 Å². The van der Waals surface area contributed by atoms with Gasteiger partial charge in [-0.2, -0.15) is 0 Å². The van der Waals surface area contributed by atoms with E-state index in [-0.39, 0.29) is 6.04 Å². The van der Waals surface area contributed by atoms with Crippen molar-refractivity contribution in [3.63, 3.8) is 0 Å². The Kier molecular flexibility index (Phi) is 4.06. The molecule has 104 valence electrons. The van der Waals surface area contributed by atoms with E-state index < -0.39 is 35.1 Å². The van der Waals surface area contributed by atoms with Crippen LogP contribution in [0.15, 0.2) is 12.1 Å². The van der Waals surface area contributed by atoms with Crippen LogP contribution in [-0.2, 0) is 4.79 Å². The van der Waals surface area contributed by atoms with Gasteiger partial charge in [-0.15, -0.1) is 0 Å². The summed E-state index contributed by atoms with van der Waals surface area (Å²) >= 11 is 0. The average Bonchev–Trinajstić information content (AvgIpc) is 2.34. The average molecular weight is 273 g/mol. The predicted molar refractivity (Wildman–Crippen MR) is 64.2 cm³/mol. The molecule has 1 aromatic carbocycles. The summed E-state index contributed by atoms with van der Waals surface area (Å²) in [4.78, 5) is 11.8. The fourth-order valence-corrected chi connectivity index (χ4v) is 1.84. The number of hydrogen-bond donors (Lipinski definition) is 3. The Hall–Kier alpha value is -1.60. The first-order chi connectivity index (χ1) is 8.97. The first-order valence-corrected chi connectivity index (χ1v) is 5.89. The highest BCUT2D eigenvalue weighted by molar-refractivity contribution is 5.95. The van der Waals surface area contributed by atoms with Gasteiger partial charge in [0.05, 0.1) is 6.04 Å². The fraction of sp³-hybridized carbons (Fsp3) is 0.417. The van der Waals surface area contributed by atoms with Gasteiger partial charge in [0.15, 0.2) is 11.6 Å². The third-order valence-corrected chi connectivity index (χ3v) is 2.91. The zero-order valence-electron chi connectivity index (χ0n) is 10.3. The number of hydrogen-bond acceptors (Lipinski definition) is 3. The first kappa shape index (κ1) is 13.8. The molecule has 0 saturated carbocycles. The van der Waals surface area contributed by atoms with Crippen LogP contribution < -0.4 is 16.0 Å². The van der Waals surface area contributed by atoms with Gasteiger partial charge in [0, 0.05) is 31.3 Å². The van der Waals surface area contributed by atoms with Crippen molar-refractivity contribution in [2.45, 2.75) is 19.0 Å². The van der Waals surface area contributed by atoms with Gasteiger partial charge in [-0.25, -0.2) is 13.2 Å². The molecule has 7 heteroatoms. The predicted octanol–water partition coefficient (Wildman–Crippen LogP) is 0.992. The highest BCUT2D eigenvalue weighted by atomic mass is 19.1. The summed E-state index contributed by atoms with van der Waals surface area (Å²) in [6.07, 6.45) is 0. The summed E-state index contributed by atoms with van der Waals surface area (Å²) in [5.41, 5.74) is -0.633. The summed E-state index contributed by atoms with van der Waals surface area (Å²) < 4.78 is 39.5. The van der Waals surface area contributed by atoms with Gasteiger partial charge in [-0.3, -0.25) is 4.79 Å². The molecule has 0 aliphatic carbocycles. The maximum absolute atomic E-state index is 13.4. The maximum Gasteiger partial charge on any atom is 0.242 e. The summed E-state index contributed by atoms with van der Waals surface area (Å²) in [7, 11) is 0. The molecular formula is C12H14F3N3O. The molecule has 3 N–H and O–H groups in total. The van der Waals surface area contributed by atoms with Crippen molar-refractivity contribution in [2.24, 2.45) is 0 Å². The summed E-state index contributed by atoms with van der Waals surface area (Å²) in [6, 6.07) is 0.684. The number of nitrogens with one attached hydrogen (secondary N) is 3. The molecule has 0 radical (unpaired) electrons. The molecule has 1 aliphatic rings. The Morgan fingerprint density at radius 3 is 2.37 bits per heavy atom. The van der Waals surface area contributed by atoms with E-state index in [0.29, 0.717) is 25.2 Å². The van der Waals surface area contributed by atoms with E-state index in [1.165, 1.54) is 0 Å². The molecule has 19 heavy (non-hydrogen) atoms. The van der Waals surface area contributed by atoms with Gasteiger partial charge in [-0.1, -0.05) is 0 Å². The number of benzene rings is 1. The Labute approximate surface area is 108 Å². The maximum atomic E-state index is 13.4. The number of anilines is 1. The number of amides is 1. The molecule has 0 bridgehead atoms. The van der Waals surface area contributed by atoms with Gasteiger partial charge >= 0.3 is 0 Å². The lowest BCUT2D eigenvalue weighted by Gasteiger charge is -2.28. The lowest BCUT2D eigenvalue weighted by Crippen LogP contribution is -2.57. The SMILES string of the molecule is CC1CNC(C(=O)Nc2c(F)cc(F)cc2F)CN1. The minimum atomic E-state index is -1.14. The summed E-state index contributed by atoms with van der Waals surface area (Å²) in [5, 5.41) is 8.14. The summed E-state index contributed by atoms with van der Waals surface area (Å²) in [5.74, 6) is -3.87. The number of piperazine rings is 1. The van der Waals surface area contributed by atoms with Gasteiger partial charge in [0.2, 0.25) is 5.91 Å². The minimum absolute atomic E-state index is 0.225. The standard InChI is InChI=1S/C12H14F3N3O/c1-6-4-17-10(5-16-6)12(19)18-11-8(14)2-7(13)3-9(11)15/h2-3,6,10,16-17H,4-5H2,1H3,(H,18,19). The van der Waals surface area contributed by atoms with E-state index >= 15 is 0 Å². The second-order valence-corrected chi connectivity index (χ2v) is 4.50. The second kappa shape index (κ2) is 5.58. The van der Waals surface area contributed by atoms with Gasteiger partial charge in [-0.05, 0) is 6.92 Å². The van der Waals surface area contributed by atoms with Crippen LogP contribution in [0.5, 0.6) is 0 Å². The normalized spacial score (nSPS) is 23.2. The monoisotopic (exact) mass is 273 g/mol. The van der Waals surface area contributed by atoms with Crippen LogP contribution in [0.2, 0.25) is 0 Å². The van der Waals surface area contributed by atoms with E-state index in [4.69, 9.17) is 0 Å². The zero-order chi connectivity index (χ0) is 14.0. The third-order valence-electron chi connectivity index (χ3n) is 2.91. The topological polar surface area (TPSA) is 53.2 Å². The quantitative estimate of drug-likeness (QED) is 0.753. The van der Waals surface area contributed by atoms with Crippen LogP contribution in [0.3, 0.4) is 0 Å². The Morgan fingerprint density at radius 2 is 1.84 bits per heavy atom. The molecule has 0 aromatic heterocycles. The minimum Gasteiger partial charge on any atom is -0.320 e. The molecule has 2 atom stereocenters. The van der Waals surface area contributed by atoms with Crippen LogP contribution in [0.25, 0.3) is 0 Å². The molecule has 1 aliphatic heterocycles. The number of carbonyl (C=O) groups excluding carboxylic acids is 1. The van der Waals surface area contributed by atoms with E-state index in [1.54, 1.807) is 0 Å². The van der Waals surface area contributed by atoms with E-state index in [9.17, 15) is 18.0 Å². The van der Waals surface area contributed by atoms with Gasteiger partial charge in [0.1, 0.15) is 11.5 Å². The fourth-order valence-electron chi connectivity index (χ4n) is 1.84. The van der Waals surface area contributed by atoms with Crippen LogP contribution in [-0.4, -0.2) is 31.1 Å². The lowest BCUT2D eigenvalue weighted by molar-refractivity contribution is -0.118. The lowest BCUT2D eigenvalue weighted by atomic mass is 10.1. The molecular weight excluding hydrogens is 259 g/mol. The number of carbonyl (C=O) groups is 1. The van der Waals surface area contributed by atoms with Crippen LogP contribution in [0.4, 0.5) is 18.9 Å².